The van der Waals surface area contributed by atoms with Gasteiger partial charge in [-0.15, -0.1) is 0 Å². The van der Waals surface area contributed by atoms with Crippen molar-refractivity contribution < 1.29 is 9.21 Å². The van der Waals surface area contributed by atoms with E-state index in [1.165, 1.54) is 5.56 Å². The summed E-state index contributed by atoms with van der Waals surface area (Å²) in [5, 5.41) is 4.66. The summed E-state index contributed by atoms with van der Waals surface area (Å²) in [5.41, 5.74) is 3.45. The lowest BCUT2D eigenvalue weighted by molar-refractivity contribution is 0.0632. The number of amides is 1. The smallest absolute Gasteiger partial charge is 0.274 e. The summed E-state index contributed by atoms with van der Waals surface area (Å²) in [7, 11) is 0. The molecule has 0 bridgehead atoms. The molecule has 6 nitrogen and oxygen atoms in total. The number of aromatic nitrogens is 2. The van der Waals surface area contributed by atoms with Gasteiger partial charge in [0, 0.05) is 38.8 Å². The van der Waals surface area contributed by atoms with E-state index in [0.717, 1.165) is 37.4 Å². The highest BCUT2D eigenvalue weighted by Gasteiger charge is 2.25. The summed E-state index contributed by atoms with van der Waals surface area (Å²) in [4.78, 5) is 17.6. The Bertz CT molecular complexity index is 1150. The van der Waals surface area contributed by atoms with Gasteiger partial charge in [0.15, 0.2) is 11.5 Å². The highest BCUT2D eigenvalue weighted by molar-refractivity contribution is 5.93. The highest BCUT2D eigenvalue weighted by atomic mass is 16.3. The van der Waals surface area contributed by atoms with E-state index in [1.807, 2.05) is 59.5 Å². The number of nitrogens with zero attached hydrogens (tertiary/aromatic N) is 4. The number of carbonyl (C=O) groups is 1. The maximum atomic E-state index is 13.3. The Morgan fingerprint density at radius 2 is 1.59 bits per heavy atom. The van der Waals surface area contributed by atoms with Gasteiger partial charge in [-0.3, -0.25) is 9.69 Å². The molecular weight excluding hydrogens is 400 g/mol. The van der Waals surface area contributed by atoms with Gasteiger partial charge in [0.25, 0.3) is 5.91 Å². The van der Waals surface area contributed by atoms with Crippen molar-refractivity contribution in [2.75, 3.05) is 32.7 Å². The van der Waals surface area contributed by atoms with Gasteiger partial charge in [0.1, 0.15) is 5.69 Å². The topological polar surface area (TPSA) is 54.5 Å². The van der Waals surface area contributed by atoms with Gasteiger partial charge in [0.05, 0.1) is 12.0 Å². The van der Waals surface area contributed by atoms with Crippen LogP contribution < -0.4 is 0 Å². The zero-order chi connectivity index (χ0) is 21.8. The minimum Gasteiger partial charge on any atom is -0.463 e. The quantitative estimate of drug-likeness (QED) is 0.465. The molecule has 5 rings (SSSR count). The second-order valence-electron chi connectivity index (χ2n) is 8.01. The second-order valence-corrected chi connectivity index (χ2v) is 8.01. The molecule has 2 aromatic carbocycles. The Morgan fingerprint density at radius 1 is 0.875 bits per heavy atom. The minimum atomic E-state index is -0.0322. The lowest BCUT2D eigenvalue weighted by Gasteiger charge is -2.34. The SMILES string of the molecule is O=C(c1cc(-c2ccco2)n(-c2ccccc2)n1)N1CCN(CCc2ccccc2)CC1. The number of piperazine rings is 1. The number of hydrogen-bond acceptors (Lipinski definition) is 4. The first-order valence-electron chi connectivity index (χ1n) is 11.0. The van der Waals surface area contributed by atoms with Crippen molar-refractivity contribution in [3.63, 3.8) is 0 Å². The average molecular weight is 427 g/mol. The first-order valence-corrected chi connectivity index (χ1v) is 11.0. The van der Waals surface area contributed by atoms with E-state index in [0.29, 0.717) is 24.5 Å². The number of furan rings is 1. The molecule has 0 saturated carbocycles. The molecule has 0 aliphatic carbocycles. The monoisotopic (exact) mass is 426 g/mol. The third-order valence-electron chi connectivity index (χ3n) is 5.92. The van der Waals surface area contributed by atoms with Gasteiger partial charge in [-0.2, -0.15) is 5.10 Å². The summed E-state index contributed by atoms with van der Waals surface area (Å²) in [6.07, 6.45) is 2.66. The molecule has 1 saturated heterocycles. The Hall–Kier alpha value is -3.64. The van der Waals surface area contributed by atoms with Crippen molar-refractivity contribution in [1.29, 1.82) is 0 Å². The van der Waals surface area contributed by atoms with E-state index in [1.54, 1.807) is 10.9 Å². The normalized spacial score (nSPS) is 14.6. The van der Waals surface area contributed by atoms with Crippen LogP contribution in [0.1, 0.15) is 16.1 Å². The van der Waals surface area contributed by atoms with Crippen LogP contribution in [0.2, 0.25) is 0 Å². The predicted octanol–water partition coefficient (Wildman–Crippen LogP) is 4.13. The molecule has 4 aromatic rings. The molecule has 1 aliphatic heterocycles. The molecule has 1 aliphatic rings. The Balaban J connectivity index is 1.28. The summed E-state index contributed by atoms with van der Waals surface area (Å²) in [6.45, 7) is 4.19. The van der Waals surface area contributed by atoms with Gasteiger partial charge < -0.3 is 9.32 Å². The molecule has 1 amide bonds. The van der Waals surface area contributed by atoms with Gasteiger partial charge >= 0.3 is 0 Å². The summed E-state index contributed by atoms with van der Waals surface area (Å²) < 4.78 is 7.39. The maximum Gasteiger partial charge on any atom is 0.274 e. The minimum absolute atomic E-state index is 0.0322. The molecule has 2 aromatic heterocycles. The van der Waals surface area contributed by atoms with E-state index >= 15 is 0 Å². The van der Waals surface area contributed by atoms with Crippen LogP contribution in [0.15, 0.2) is 89.5 Å². The third kappa shape index (κ3) is 4.36. The summed E-state index contributed by atoms with van der Waals surface area (Å²) in [5.74, 6) is 0.654. The molecular formula is C26H26N4O2. The van der Waals surface area contributed by atoms with Crippen LogP contribution >= 0.6 is 0 Å². The van der Waals surface area contributed by atoms with Crippen LogP contribution in [-0.2, 0) is 6.42 Å². The molecule has 0 radical (unpaired) electrons. The molecule has 0 unspecified atom stereocenters. The largest absolute Gasteiger partial charge is 0.463 e. The number of para-hydroxylation sites is 1. The number of rotatable bonds is 6. The molecule has 0 N–H and O–H groups in total. The van der Waals surface area contributed by atoms with Crippen molar-refractivity contribution in [1.82, 2.24) is 19.6 Å². The van der Waals surface area contributed by atoms with E-state index in [-0.39, 0.29) is 5.91 Å². The second kappa shape index (κ2) is 9.24. The fraction of sp³-hybridized carbons (Fsp3) is 0.231. The molecule has 32 heavy (non-hydrogen) atoms. The third-order valence-corrected chi connectivity index (χ3v) is 5.92. The average Bonchev–Trinajstić information content (AvgIpc) is 3.54. The molecule has 162 valence electrons. The molecule has 0 spiro atoms. The Labute approximate surface area is 187 Å². The maximum absolute atomic E-state index is 13.3. The van der Waals surface area contributed by atoms with Crippen LogP contribution in [0.4, 0.5) is 0 Å². The molecule has 0 atom stereocenters. The van der Waals surface area contributed by atoms with Crippen molar-refractivity contribution in [3.8, 4) is 17.1 Å². The fourth-order valence-electron chi connectivity index (χ4n) is 4.12. The fourth-order valence-corrected chi connectivity index (χ4v) is 4.12. The van der Waals surface area contributed by atoms with Crippen molar-refractivity contribution >= 4 is 5.91 Å². The lowest BCUT2D eigenvalue weighted by Crippen LogP contribution is -2.49. The van der Waals surface area contributed by atoms with E-state index < -0.39 is 0 Å². The van der Waals surface area contributed by atoms with E-state index in [2.05, 4.69) is 34.3 Å². The molecule has 6 heteroatoms. The number of hydrogen-bond donors (Lipinski definition) is 0. The van der Waals surface area contributed by atoms with Crippen molar-refractivity contribution in [3.05, 3.63) is 96.4 Å². The summed E-state index contributed by atoms with van der Waals surface area (Å²) >= 11 is 0. The van der Waals surface area contributed by atoms with Gasteiger partial charge in [-0.1, -0.05) is 48.5 Å². The highest BCUT2D eigenvalue weighted by Crippen LogP contribution is 2.25. The molecule has 1 fully saturated rings. The van der Waals surface area contributed by atoms with Gasteiger partial charge in [-0.25, -0.2) is 4.68 Å². The zero-order valence-electron chi connectivity index (χ0n) is 17.9. The standard InChI is InChI=1S/C26H26N4O2/c31-26(29-17-15-28(16-18-29)14-13-21-8-3-1-4-9-21)23-20-24(25-12-7-19-32-25)30(27-23)22-10-5-2-6-11-22/h1-12,19-20H,13-18H2. The van der Waals surface area contributed by atoms with Crippen LogP contribution in [-0.4, -0.2) is 58.2 Å². The zero-order valence-corrected chi connectivity index (χ0v) is 17.9. The Morgan fingerprint density at radius 3 is 2.28 bits per heavy atom. The summed E-state index contributed by atoms with van der Waals surface area (Å²) in [6, 6.07) is 25.9. The number of carbonyl (C=O) groups excluding carboxylic acids is 1. The Kier molecular flexibility index (Phi) is 5.85. The van der Waals surface area contributed by atoms with Gasteiger partial charge in [0.2, 0.25) is 0 Å². The van der Waals surface area contributed by atoms with Crippen LogP contribution in [0.25, 0.3) is 17.1 Å². The van der Waals surface area contributed by atoms with Crippen LogP contribution in [0.3, 0.4) is 0 Å². The predicted molar refractivity (Wildman–Crippen MR) is 124 cm³/mol. The van der Waals surface area contributed by atoms with Crippen molar-refractivity contribution in [2.45, 2.75) is 6.42 Å². The van der Waals surface area contributed by atoms with E-state index in [4.69, 9.17) is 4.42 Å². The van der Waals surface area contributed by atoms with Crippen LogP contribution in [0.5, 0.6) is 0 Å². The first kappa shape index (κ1) is 20.3. The van der Waals surface area contributed by atoms with E-state index in [9.17, 15) is 4.79 Å². The van der Waals surface area contributed by atoms with Gasteiger partial charge in [-0.05, 0) is 36.2 Å². The number of benzene rings is 2. The lowest BCUT2D eigenvalue weighted by atomic mass is 10.1. The first-order chi connectivity index (χ1) is 15.8. The molecule has 3 heterocycles. The van der Waals surface area contributed by atoms with Crippen LogP contribution in [0, 0.1) is 0 Å². The van der Waals surface area contributed by atoms with Crippen molar-refractivity contribution in [2.24, 2.45) is 0 Å².